The van der Waals surface area contributed by atoms with Gasteiger partial charge < -0.3 is 10.7 Å². The predicted octanol–water partition coefficient (Wildman–Crippen LogP) is 0.723. The quantitative estimate of drug-likeness (QED) is 0.657. The first-order chi connectivity index (χ1) is 5.27. The largest absolute Gasteiger partial charge is 0.364 e. The fraction of sp³-hybridized carbons (Fsp3) is 0. The summed E-state index contributed by atoms with van der Waals surface area (Å²) < 4.78 is 0. The fourth-order valence-electron chi connectivity index (χ4n) is 0.850. The second-order valence-electron chi connectivity index (χ2n) is 2.08. The van der Waals surface area contributed by atoms with Crippen LogP contribution in [0.1, 0.15) is 9.80 Å². The van der Waals surface area contributed by atoms with Gasteiger partial charge in [0.05, 0.1) is 0 Å². The topological polar surface area (TPSA) is 71.8 Å². The van der Waals surface area contributed by atoms with Crippen LogP contribution in [0.4, 0.5) is 0 Å². The maximum atomic E-state index is 10.6. The van der Waals surface area contributed by atoms with Gasteiger partial charge in [0, 0.05) is 6.20 Å². The molecule has 0 saturated heterocycles. The molecular weight excluding hydrogens is 162 g/mol. The molecule has 0 saturated carbocycles. The lowest BCUT2D eigenvalue weighted by atomic mass is 10.6. The molecule has 0 aromatic carbocycles. The number of H-pyrrole nitrogens is 1. The van der Waals surface area contributed by atoms with Gasteiger partial charge in [-0.3, -0.25) is 4.79 Å². The molecule has 2 heterocycles. The summed E-state index contributed by atoms with van der Waals surface area (Å²) in [4.78, 5) is 18.4. The zero-order valence-electron chi connectivity index (χ0n) is 5.50. The highest BCUT2D eigenvalue weighted by molar-refractivity contribution is 7.19. The Kier molecular flexibility index (Phi) is 1.19. The molecule has 3 N–H and O–H groups in total. The molecular formula is C6H5N3OS. The summed E-state index contributed by atoms with van der Waals surface area (Å²) in [5, 5.41) is 0.354. The molecule has 4 nitrogen and oxygen atoms in total. The van der Waals surface area contributed by atoms with E-state index in [2.05, 4.69) is 9.97 Å². The Labute approximate surface area is 66.0 Å². The van der Waals surface area contributed by atoms with Gasteiger partial charge in [-0.25, -0.2) is 4.98 Å². The van der Waals surface area contributed by atoms with Crippen molar-refractivity contribution in [3.63, 3.8) is 0 Å². The lowest BCUT2D eigenvalue weighted by Gasteiger charge is -1.80. The van der Waals surface area contributed by atoms with E-state index >= 15 is 0 Å². The van der Waals surface area contributed by atoms with Crippen LogP contribution in [0.2, 0.25) is 0 Å². The molecule has 0 aliphatic rings. The minimum Gasteiger partial charge on any atom is -0.364 e. The average molecular weight is 167 g/mol. The van der Waals surface area contributed by atoms with E-state index in [1.807, 2.05) is 0 Å². The molecule has 0 radical (unpaired) electrons. The first-order valence-electron chi connectivity index (χ1n) is 3.01. The highest BCUT2D eigenvalue weighted by Gasteiger charge is 2.07. The predicted molar refractivity (Wildman–Crippen MR) is 42.5 cm³/mol. The lowest BCUT2D eigenvalue weighted by Crippen LogP contribution is -2.09. The first kappa shape index (κ1) is 6.36. The van der Waals surface area contributed by atoms with Gasteiger partial charge >= 0.3 is 0 Å². The third-order valence-corrected chi connectivity index (χ3v) is 2.34. The van der Waals surface area contributed by atoms with Crippen molar-refractivity contribution in [3.8, 4) is 0 Å². The zero-order valence-corrected chi connectivity index (χ0v) is 6.31. The number of carbonyl (C=O) groups is 1. The average Bonchev–Trinajstić information content (AvgIpc) is 2.40. The molecule has 5 heteroatoms. The minimum atomic E-state index is -0.473. The summed E-state index contributed by atoms with van der Waals surface area (Å²) in [5.41, 5.74) is 5.83. The van der Waals surface area contributed by atoms with E-state index in [0.29, 0.717) is 5.01 Å². The number of aromatic amines is 1. The second kappa shape index (κ2) is 2.06. The zero-order chi connectivity index (χ0) is 7.84. The van der Waals surface area contributed by atoms with E-state index in [-0.39, 0.29) is 0 Å². The van der Waals surface area contributed by atoms with E-state index in [0.717, 1.165) is 10.3 Å². The lowest BCUT2D eigenvalue weighted by molar-refractivity contribution is 0.1000. The first-order valence-corrected chi connectivity index (χ1v) is 3.83. The Morgan fingerprint density at radius 3 is 3.18 bits per heavy atom. The third kappa shape index (κ3) is 0.894. The van der Waals surface area contributed by atoms with Crippen LogP contribution >= 0.6 is 11.3 Å². The van der Waals surface area contributed by atoms with Crippen LogP contribution in [0.5, 0.6) is 0 Å². The van der Waals surface area contributed by atoms with Gasteiger partial charge in [0.1, 0.15) is 10.3 Å². The van der Waals surface area contributed by atoms with Crippen molar-refractivity contribution in [1.82, 2.24) is 9.97 Å². The van der Waals surface area contributed by atoms with Gasteiger partial charge in [-0.2, -0.15) is 0 Å². The van der Waals surface area contributed by atoms with Crippen LogP contribution < -0.4 is 5.73 Å². The number of primary amides is 1. The van der Waals surface area contributed by atoms with Crippen LogP contribution in [0.15, 0.2) is 12.3 Å². The van der Waals surface area contributed by atoms with Gasteiger partial charge in [0.2, 0.25) is 0 Å². The van der Waals surface area contributed by atoms with Crippen LogP contribution in [-0.4, -0.2) is 15.9 Å². The fourth-order valence-corrected chi connectivity index (χ4v) is 1.63. The van der Waals surface area contributed by atoms with Crippen molar-refractivity contribution >= 4 is 27.6 Å². The summed E-state index contributed by atoms with van der Waals surface area (Å²) in [6.45, 7) is 0. The molecule has 0 aliphatic carbocycles. The number of aromatic nitrogens is 2. The molecule has 56 valence electrons. The Hall–Kier alpha value is -1.36. The maximum absolute atomic E-state index is 10.6. The number of carbonyl (C=O) groups excluding carboxylic acids is 1. The Morgan fingerprint density at radius 1 is 1.73 bits per heavy atom. The number of rotatable bonds is 1. The van der Waals surface area contributed by atoms with Gasteiger partial charge in [0.25, 0.3) is 5.91 Å². The Bertz CT molecular complexity index is 374. The van der Waals surface area contributed by atoms with E-state index in [1.165, 1.54) is 11.3 Å². The molecule has 0 aliphatic heterocycles. The normalized spacial score (nSPS) is 10.5. The number of nitrogens with zero attached hydrogens (tertiary/aromatic N) is 1. The Balaban J connectivity index is 2.67. The van der Waals surface area contributed by atoms with Crippen LogP contribution in [-0.2, 0) is 0 Å². The Morgan fingerprint density at radius 2 is 2.55 bits per heavy atom. The van der Waals surface area contributed by atoms with E-state index in [1.54, 1.807) is 12.3 Å². The standard InChI is InChI=1S/C6H5N3OS/c7-4(10)6-9-3-1-2-8-5(3)11-6/h1-2,8H,(H2,7,10). The summed E-state index contributed by atoms with van der Waals surface area (Å²) in [6.07, 6.45) is 1.78. The molecule has 1 amide bonds. The van der Waals surface area contributed by atoms with Crippen LogP contribution in [0.25, 0.3) is 10.3 Å². The van der Waals surface area contributed by atoms with Gasteiger partial charge in [0.15, 0.2) is 5.01 Å². The maximum Gasteiger partial charge on any atom is 0.277 e. The van der Waals surface area contributed by atoms with Crippen molar-refractivity contribution in [3.05, 3.63) is 17.3 Å². The minimum absolute atomic E-state index is 0.354. The second-order valence-corrected chi connectivity index (χ2v) is 3.07. The molecule has 0 spiro atoms. The van der Waals surface area contributed by atoms with E-state index in [9.17, 15) is 4.79 Å². The third-order valence-electron chi connectivity index (χ3n) is 1.32. The summed E-state index contributed by atoms with van der Waals surface area (Å²) in [5.74, 6) is -0.473. The molecule has 0 atom stereocenters. The molecule has 0 bridgehead atoms. The van der Waals surface area contributed by atoms with Gasteiger partial charge in [-0.1, -0.05) is 11.3 Å². The molecule has 2 rings (SSSR count). The van der Waals surface area contributed by atoms with E-state index < -0.39 is 5.91 Å². The number of hydrogen-bond acceptors (Lipinski definition) is 3. The summed E-state index contributed by atoms with van der Waals surface area (Å²) in [7, 11) is 0. The molecule has 0 unspecified atom stereocenters. The van der Waals surface area contributed by atoms with Crippen LogP contribution in [0, 0.1) is 0 Å². The number of thiazole rings is 1. The molecule has 2 aromatic heterocycles. The van der Waals surface area contributed by atoms with Gasteiger partial charge in [-0.15, -0.1) is 0 Å². The highest BCUT2D eigenvalue weighted by atomic mass is 32.1. The molecule has 0 fully saturated rings. The monoisotopic (exact) mass is 167 g/mol. The molecule has 2 aromatic rings. The number of nitrogens with one attached hydrogen (secondary N) is 1. The summed E-state index contributed by atoms with van der Waals surface area (Å²) >= 11 is 1.27. The number of fused-ring (bicyclic) bond motifs is 1. The summed E-state index contributed by atoms with van der Waals surface area (Å²) in [6, 6.07) is 1.80. The van der Waals surface area contributed by atoms with Crippen molar-refractivity contribution in [1.29, 1.82) is 0 Å². The molecule has 11 heavy (non-hydrogen) atoms. The SMILES string of the molecule is NC(=O)c1nc2cc[nH]c2s1. The van der Waals surface area contributed by atoms with E-state index in [4.69, 9.17) is 5.73 Å². The smallest absolute Gasteiger partial charge is 0.277 e. The van der Waals surface area contributed by atoms with Crippen molar-refractivity contribution in [2.75, 3.05) is 0 Å². The number of nitrogens with two attached hydrogens (primary N) is 1. The van der Waals surface area contributed by atoms with Gasteiger partial charge in [-0.05, 0) is 6.07 Å². The highest BCUT2D eigenvalue weighted by Crippen LogP contribution is 2.19. The number of hydrogen-bond donors (Lipinski definition) is 2. The number of amides is 1. The van der Waals surface area contributed by atoms with Crippen molar-refractivity contribution in [2.24, 2.45) is 5.73 Å². The van der Waals surface area contributed by atoms with Crippen molar-refractivity contribution < 1.29 is 4.79 Å². The van der Waals surface area contributed by atoms with Crippen LogP contribution in [0.3, 0.4) is 0 Å². The van der Waals surface area contributed by atoms with Crippen molar-refractivity contribution in [2.45, 2.75) is 0 Å².